The van der Waals surface area contributed by atoms with Gasteiger partial charge in [-0.15, -0.1) is 0 Å². The molecule has 104 valence electrons. The normalized spacial score (nSPS) is 12.1. The van der Waals surface area contributed by atoms with Gasteiger partial charge in [0.1, 0.15) is 11.9 Å². The second-order valence-electron chi connectivity index (χ2n) is 4.52. The highest BCUT2D eigenvalue weighted by Crippen LogP contribution is 2.20. The molecule has 20 heavy (non-hydrogen) atoms. The molecule has 0 saturated carbocycles. The van der Waals surface area contributed by atoms with Gasteiger partial charge < -0.3 is 4.74 Å². The van der Waals surface area contributed by atoms with E-state index in [-0.39, 0.29) is 18.0 Å². The molecule has 2 aromatic rings. The van der Waals surface area contributed by atoms with Crippen molar-refractivity contribution in [3.63, 3.8) is 0 Å². The molecule has 3 heteroatoms. The van der Waals surface area contributed by atoms with Crippen molar-refractivity contribution < 1.29 is 13.9 Å². The van der Waals surface area contributed by atoms with Gasteiger partial charge >= 0.3 is 0 Å². The van der Waals surface area contributed by atoms with Crippen molar-refractivity contribution in [2.24, 2.45) is 0 Å². The maximum absolute atomic E-state index is 13.1. The fraction of sp³-hybridized carbons (Fsp3) is 0.235. The fourth-order valence-corrected chi connectivity index (χ4v) is 2.11. The van der Waals surface area contributed by atoms with Crippen molar-refractivity contribution in [1.29, 1.82) is 0 Å². The van der Waals surface area contributed by atoms with Crippen LogP contribution in [0.15, 0.2) is 54.6 Å². The molecule has 0 N–H and O–H groups in total. The highest BCUT2D eigenvalue weighted by Gasteiger charge is 2.20. The maximum atomic E-state index is 13.1. The van der Waals surface area contributed by atoms with Gasteiger partial charge in [0.15, 0.2) is 5.78 Å². The minimum atomic E-state index is -0.593. The van der Waals surface area contributed by atoms with Crippen LogP contribution >= 0.6 is 0 Å². The van der Waals surface area contributed by atoms with Crippen LogP contribution in [-0.4, -0.2) is 12.4 Å². The predicted octanol–water partition coefficient (Wildman–Crippen LogP) is 3.72. The Morgan fingerprint density at radius 2 is 1.90 bits per heavy atom. The quantitative estimate of drug-likeness (QED) is 0.801. The summed E-state index contributed by atoms with van der Waals surface area (Å²) in [5, 5.41) is 0. The van der Waals surface area contributed by atoms with Crippen molar-refractivity contribution in [2.45, 2.75) is 19.4 Å². The van der Waals surface area contributed by atoms with E-state index in [1.54, 1.807) is 12.1 Å². The van der Waals surface area contributed by atoms with Gasteiger partial charge in [-0.05, 0) is 30.2 Å². The lowest BCUT2D eigenvalue weighted by molar-refractivity contribution is -0.130. The number of rotatable bonds is 6. The van der Waals surface area contributed by atoms with E-state index in [0.717, 1.165) is 5.56 Å². The Balaban J connectivity index is 2.15. The molecule has 0 spiro atoms. The van der Waals surface area contributed by atoms with Crippen LogP contribution in [0.2, 0.25) is 0 Å². The van der Waals surface area contributed by atoms with Crippen molar-refractivity contribution in [2.75, 3.05) is 6.61 Å². The van der Waals surface area contributed by atoms with Gasteiger partial charge in [-0.2, -0.15) is 0 Å². The molecule has 0 saturated heterocycles. The summed E-state index contributed by atoms with van der Waals surface area (Å²) in [6.45, 7) is 2.31. The number of carbonyl (C=O) groups is 1. The Morgan fingerprint density at radius 3 is 2.55 bits per heavy atom. The number of hydrogen-bond acceptors (Lipinski definition) is 2. The van der Waals surface area contributed by atoms with E-state index >= 15 is 0 Å². The molecule has 0 aliphatic heterocycles. The number of Topliss-reactive ketones (excluding diaryl/α,β-unsaturated/α-hetero) is 1. The minimum Gasteiger partial charge on any atom is -0.366 e. The number of benzene rings is 2. The Hall–Kier alpha value is -2.00. The number of hydrogen-bond donors (Lipinski definition) is 0. The highest BCUT2D eigenvalue weighted by atomic mass is 19.1. The molecular formula is C17H17FO2. The SMILES string of the molecule is CCOC(C(=O)Cc1cccc(F)c1)c1ccccc1. The molecule has 1 atom stereocenters. The average Bonchev–Trinajstić information content (AvgIpc) is 2.45. The molecule has 2 nitrogen and oxygen atoms in total. The molecule has 0 heterocycles. The van der Waals surface area contributed by atoms with E-state index in [4.69, 9.17) is 4.74 Å². The van der Waals surface area contributed by atoms with Crippen LogP contribution in [0.4, 0.5) is 4.39 Å². The van der Waals surface area contributed by atoms with Crippen molar-refractivity contribution in [3.05, 3.63) is 71.5 Å². The maximum Gasteiger partial charge on any atom is 0.170 e. The Bertz CT molecular complexity index is 566. The smallest absolute Gasteiger partial charge is 0.170 e. The topological polar surface area (TPSA) is 26.3 Å². The van der Waals surface area contributed by atoms with Gasteiger partial charge in [0.05, 0.1) is 0 Å². The van der Waals surface area contributed by atoms with Gasteiger partial charge in [0, 0.05) is 13.0 Å². The largest absolute Gasteiger partial charge is 0.366 e. The van der Waals surface area contributed by atoms with Gasteiger partial charge in [0.2, 0.25) is 0 Å². The number of ketones is 1. The van der Waals surface area contributed by atoms with Crippen molar-refractivity contribution in [3.8, 4) is 0 Å². The zero-order chi connectivity index (χ0) is 14.4. The second kappa shape index (κ2) is 6.96. The van der Waals surface area contributed by atoms with Crippen LogP contribution in [0.1, 0.15) is 24.2 Å². The number of halogens is 1. The minimum absolute atomic E-state index is 0.0661. The molecule has 0 aliphatic carbocycles. The first-order chi connectivity index (χ1) is 9.70. The van der Waals surface area contributed by atoms with Crippen LogP contribution in [0, 0.1) is 5.82 Å². The Morgan fingerprint density at radius 1 is 1.15 bits per heavy atom. The zero-order valence-corrected chi connectivity index (χ0v) is 11.4. The third kappa shape index (κ3) is 3.75. The van der Waals surface area contributed by atoms with Crippen molar-refractivity contribution >= 4 is 5.78 Å². The van der Waals surface area contributed by atoms with Crippen LogP contribution in [-0.2, 0) is 16.0 Å². The predicted molar refractivity (Wildman–Crippen MR) is 75.9 cm³/mol. The monoisotopic (exact) mass is 272 g/mol. The molecule has 2 rings (SSSR count). The Kier molecular flexibility index (Phi) is 5.02. The standard InChI is InChI=1S/C17H17FO2/c1-2-20-17(14-8-4-3-5-9-14)16(19)12-13-7-6-10-15(18)11-13/h3-11,17H,2,12H2,1H3. The van der Waals surface area contributed by atoms with Gasteiger partial charge in [-0.3, -0.25) is 4.79 Å². The van der Waals surface area contributed by atoms with Crippen LogP contribution in [0.5, 0.6) is 0 Å². The third-order valence-corrected chi connectivity index (χ3v) is 3.00. The molecule has 1 unspecified atom stereocenters. The summed E-state index contributed by atoms with van der Waals surface area (Å²) >= 11 is 0. The molecule has 0 fully saturated rings. The molecular weight excluding hydrogens is 255 g/mol. The van der Waals surface area contributed by atoms with E-state index in [9.17, 15) is 9.18 Å². The van der Waals surface area contributed by atoms with E-state index in [1.165, 1.54) is 12.1 Å². The van der Waals surface area contributed by atoms with Gasteiger partial charge in [0.25, 0.3) is 0 Å². The first-order valence-corrected chi connectivity index (χ1v) is 6.64. The second-order valence-corrected chi connectivity index (χ2v) is 4.52. The van der Waals surface area contributed by atoms with Gasteiger partial charge in [-0.1, -0.05) is 42.5 Å². The van der Waals surface area contributed by atoms with E-state index < -0.39 is 6.10 Å². The molecule has 0 aromatic heterocycles. The summed E-state index contributed by atoms with van der Waals surface area (Å²) in [5.74, 6) is -0.397. The molecule has 0 aliphatic rings. The Labute approximate surface area is 118 Å². The third-order valence-electron chi connectivity index (χ3n) is 3.00. The van der Waals surface area contributed by atoms with Crippen LogP contribution in [0.3, 0.4) is 0 Å². The summed E-state index contributed by atoms with van der Waals surface area (Å²) in [6, 6.07) is 15.5. The highest BCUT2D eigenvalue weighted by molar-refractivity contribution is 5.86. The average molecular weight is 272 g/mol. The summed E-state index contributed by atoms with van der Waals surface area (Å²) in [5.41, 5.74) is 1.49. The van der Waals surface area contributed by atoms with E-state index in [2.05, 4.69) is 0 Å². The summed E-state index contributed by atoms with van der Waals surface area (Å²) in [4.78, 5) is 12.4. The van der Waals surface area contributed by atoms with Gasteiger partial charge in [-0.25, -0.2) is 4.39 Å². The molecule has 2 aromatic carbocycles. The summed E-state index contributed by atoms with van der Waals surface area (Å²) in [7, 11) is 0. The van der Waals surface area contributed by atoms with E-state index in [1.807, 2.05) is 37.3 Å². The number of ether oxygens (including phenoxy) is 1. The lowest BCUT2D eigenvalue weighted by atomic mass is 10.00. The lowest BCUT2D eigenvalue weighted by Gasteiger charge is -2.16. The van der Waals surface area contributed by atoms with Crippen LogP contribution < -0.4 is 0 Å². The first kappa shape index (κ1) is 14.4. The zero-order valence-electron chi connectivity index (χ0n) is 11.4. The summed E-state index contributed by atoms with van der Waals surface area (Å²) < 4.78 is 18.7. The van der Waals surface area contributed by atoms with E-state index in [0.29, 0.717) is 12.2 Å². The fourth-order valence-electron chi connectivity index (χ4n) is 2.11. The molecule has 0 radical (unpaired) electrons. The van der Waals surface area contributed by atoms with Crippen LogP contribution in [0.25, 0.3) is 0 Å². The van der Waals surface area contributed by atoms with Crippen molar-refractivity contribution in [1.82, 2.24) is 0 Å². The first-order valence-electron chi connectivity index (χ1n) is 6.64. The number of carbonyl (C=O) groups excluding carboxylic acids is 1. The lowest BCUT2D eigenvalue weighted by Crippen LogP contribution is -2.18. The summed E-state index contributed by atoms with van der Waals surface area (Å²) in [6.07, 6.45) is -0.429. The molecule has 0 bridgehead atoms. The molecule has 0 amide bonds.